The van der Waals surface area contributed by atoms with Crippen LogP contribution < -0.4 is 5.32 Å². The monoisotopic (exact) mass is 442 g/mol. The molecule has 0 atom stereocenters. The molecule has 0 radical (unpaired) electrons. The number of benzene rings is 2. The van der Waals surface area contributed by atoms with E-state index in [2.05, 4.69) is 10.3 Å². The highest BCUT2D eigenvalue weighted by molar-refractivity contribution is 7.13. The van der Waals surface area contributed by atoms with E-state index in [9.17, 15) is 4.79 Å². The first-order chi connectivity index (χ1) is 14.1. The van der Waals surface area contributed by atoms with Gasteiger partial charge in [0.25, 0.3) is 0 Å². The largest absolute Gasteiger partial charge is 0.441 e. The fourth-order valence-corrected chi connectivity index (χ4v) is 4.18. The summed E-state index contributed by atoms with van der Waals surface area (Å²) < 4.78 is 5.76. The fourth-order valence-electron chi connectivity index (χ4n) is 2.91. The predicted octanol–water partition coefficient (Wildman–Crippen LogP) is 6.95. The van der Waals surface area contributed by atoms with Crippen LogP contribution in [-0.4, -0.2) is 10.9 Å². The number of hydrogen-bond acceptors (Lipinski definition) is 4. The zero-order valence-electron chi connectivity index (χ0n) is 15.2. The Morgan fingerprint density at radius 3 is 2.72 bits per heavy atom. The third kappa shape index (κ3) is 4.70. The standard InChI is InChI=1S/C22H16Cl2N2O2S/c23-14-7-8-15(17(24)12-14)19-13-25-22(28-19)10-9-21(27)26-18-5-2-1-4-16(18)20-6-3-11-29-20/h1-8,11-13H,9-10H2,(H,26,27). The van der Waals surface area contributed by atoms with Gasteiger partial charge in [-0.15, -0.1) is 11.3 Å². The van der Waals surface area contributed by atoms with Crippen molar-refractivity contribution < 1.29 is 9.21 Å². The third-order valence-electron chi connectivity index (χ3n) is 4.30. The van der Waals surface area contributed by atoms with Gasteiger partial charge in [0.2, 0.25) is 5.91 Å². The average Bonchev–Trinajstić information content (AvgIpc) is 3.39. The molecule has 0 aliphatic rings. The molecule has 0 saturated heterocycles. The molecular weight excluding hydrogens is 427 g/mol. The number of amides is 1. The second kappa shape index (κ2) is 8.82. The van der Waals surface area contributed by atoms with E-state index >= 15 is 0 Å². The summed E-state index contributed by atoms with van der Waals surface area (Å²) >= 11 is 13.8. The van der Waals surface area contributed by atoms with Gasteiger partial charge in [-0.2, -0.15) is 0 Å². The lowest BCUT2D eigenvalue weighted by Gasteiger charge is -2.09. The molecule has 0 aliphatic carbocycles. The Balaban J connectivity index is 1.41. The molecule has 2 heterocycles. The van der Waals surface area contributed by atoms with E-state index < -0.39 is 0 Å². The number of para-hydroxylation sites is 1. The van der Waals surface area contributed by atoms with Crippen molar-refractivity contribution in [3.05, 3.63) is 82.1 Å². The summed E-state index contributed by atoms with van der Waals surface area (Å²) in [6.07, 6.45) is 2.25. The highest BCUT2D eigenvalue weighted by Crippen LogP contribution is 2.32. The van der Waals surface area contributed by atoms with Gasteiger partial charge in [-0.25, -0.2) is 4.98 Å². The summed E-state index contributed by atoms with van der Waals surface area (Å²) in [7, 11) is 0. The maximum atomic E-state index is 12.5. The number of anilines is 1. The smallest absolute Gasteiger partial charge is 0.224 e. The maximum absolute atomic E-state index is 12.5. The number of thiophene rings is 1. The second-order valence-electron chi connectivity index (χ2n) is 6.31. The lowest BCUT2D eigenvalue weighted by Crippen LogP contribution is -2.13. The topological polar surface area (TPSA) is 55.1 Å². The lowest BCUT2D eigenvalue weighted by atomic mass is 10.1. The van der Waals surface area contributed by atoms with Gasteiger partial charge in [0.05, 0.1) is 11.2 Å². The van der Waals surface area contributed by atoms with E-state index in [0.29, 0.717) is 33.7 Å². The number of nitrogens with zero attached hydrogens (tertiary/aromatic N) is 1. The number of aromatic nitrogens is 1. The van der Waals surface area contributed by atoms with Gasteiger partial charge in [0, 0.05) is 39.6 Å². The van der Waals surface area contributed by atoms with E-state index in [1.54, 1.807) is 35.7 Å². The summed E-state index contributed by atoms with van der Waals surface area (Å²) in [5, 5.41) is 6.04. The number of nitrogens with one attached hydrogen (secondary N) is 1. The van der Waals surface area contributed by atoms with E-state index in [1.807, 2.05) is 41.8 Å². The van der Waals surface area contributed by atoms with Gasteiger partial charge in [-0.05, 0) is 35.7 Å². The number of carbonyl (C=O) groups excluding carboxylic acids is 1. The van der Waals surface area contributed by atoms with Crippen molar-refractivity contribution in [2.24, 2.45) is 0 Å². The Labute approximate surface area is 182 Å². The summed E-state index contributed by atoms with van der Waals surface area (Å²) in [5.74, 6) is 0.927. The van der Waals surface area contributed by atoms with Crippen molar-refractivity contribution in [2.45, 2.75) is 12.8 Å². The number of rotatable bonds is 6. The minimum atomic E-state index is -0.0988. The Morgan fingerprint density at radius 2 is 1.93 bits per heavy atom. The number of carbonyl (C=O) groups is 1. The van der Waals surface area contributed by atoms with E-state index in [-0.39, 0.29) is 12.3 Å². The van der Waals surface area contributed by atoms with Gasteiger partial charge in [-0.1, -0.05) is 47.5 Å². The highest BCUT2D eigenvalue weighted by Gasteiger charge is 2.13. The van der Waals surface area contributed by atoms with Crippen molar-refractivity contribution in [3.63, 3.8) is 0 Å². The van der Waals surface area contributed by atoms with Crippen LogP contribution in [-0.2, 0) is 11.2 Å². The average molecular weight is 443 g/mol. The van der Waals surface area contributed by atoms with Crippen molar-refractivity contribution >= 4 is 46.1 Å². The van der Waals surface area contributed by atoms with Gasteiger partial charge < -0.3 is 9.73 Å². The molecular formula is C22H16Cl2N2O2S. The lowest BCUT2D eigenvalue weighted by molar-refractivity contribution is -0.116. The van der Waals surface area contributed by atoms with Crippen LogP contribution in [0, 0.1) is 0 Å². The normalized spacial score (nSPS) is 10.8. The summed E-state index contributed by atoms with van der Waals surface area (Å²) in [6.45, 7) is 0. The Hall–Kier alpha value is -2.60. The van der Waals surface area contributed by atoms with Crippen LogP contribution in [0.5, 0.6) is 0 Å². The minimum Gasteiger partial charge on any atom is -0.441 e. The van der Waals surface area contributed by atoms with E-state index in [0.717, 1.165) is 16.1 Å². The molecule has 2 aromatic heterocycles. The van der Waals surface area contributed by atoms with Crippen molar-refractivity contribution in [3.8, 4) is 21.8 Å². The van der Waals surface area contributed by atoms with Crippen LogP contribution in [0.2, 0.25) is 10.0 Å². The zero-order valence-corrected chi connectivity index (χ0v) is 17.5. The van der Waals surface area contributed by atoms with Crippen LogP contribution in [0.1, 0.15) is 12.3 Å². The van der Waals surface area contributed by atoms with Gasteiger partial charge in [0.1, 0.15) is 0 Å². The molecule has 4 aromatic rings. The van der Waals surface area contributed by atoms with Crippen LogP contribution >= 0.6 is 34.5 Å². The van der Waals surface area contributed by atoms with Gasteiger partial charge >= 0.3 is 0 Å². The number of hydrogen-bond donors (Lipinski definition) is 1. The SMILES string of the molecule is O=C(CCc1ncc(-c2ccc(Cl)cc2Cl)o1)Nc1ccccc1-c1cccs1. The molecule has 2 aromatic carbocycles. The summed E-state index contributed by atoms with van der Waals surface area (Å²) in [4.78, 5) is 17.8. The first kappa shape index (κ1) is 19.7. The maximum Gasteiger partial charge on any atom is 0.224 e. The Kier molecular flexibility index (Phi) is 6.00. The van der Waals surface area contributed by atoms with Crippen LogP contribution in [0.15, 0.2) is 70.6 Å². The molecule has 0 fully saturated rings. The molecule has 4 rings (SSSR count). The first-order valence-corrected chi connectivity index (χ1v) is 10.6. The first-order valence-electron chi connectivity index (χ1n) is 8.93. The van der Waals surface area contributed by atoms with Crippen LogP contribution in [0.3, 0.4) is 0 Å². The van der Waals surface area contributed by atoms with E-state index in [1.165, 1.54) is 0 Å². The van der Waals surface area contributed by atoms with Crippen molar-refractivity contribution in [2.75, 3.05) is 5.32 Å². The van der Waals surface area contributed by atoms with Crippen molar-refractivity contribution in [1.82, 2.24) is 4.98 Å². The van der Waals surface area contributed by atoms with Crippen molar-refractivity contribution in [1.29, 1.82) is 0 Å². The van der Waals surface area contributed by atoms with Crippen LogP contribution in [0.4, 0.5) is 5.69 Å². The van der Waals surface area contributed by atoms with Gasteiger partial charge in [0.15, 0.2) is 11.7 Å². The molecule has 1 amide bonds. The minimum absolute atomic E-state index is 0.0988. The quantitative estimate of drug-likeness (QED) is 0.351. The number of aryl methyl sites for hydroxylation is 1. The number of oxazole rings is 1. The van der Waals surface area contributed by atoms with Crippen LogP contribution in [0.25, 0.3) is 21.8 Å². The second-order valence-corrected chi connectivity index (χ2v) is 8.10. The molecule has 0 unspecified atom stereocenters. The van der Waals surface area contributed by atoms with E-state index in [4.69, 9.17) is 27.6 Å². The highest BCUT2D eigenvalue weighted by atomic mass is 35.5. The molecule has 0 bridgehead atoms. The summed E-state index contributed by atoms with van der Waals surface area (Å²) in [6, 6.07) is 17.0. The molecule has 29 heavy (non-hydrogen) atoms. The molecule has 0 aliphatic heterocycles. The number of halogens is 2. The molecule has 4 nitrogen and oxygen atoms in total. The molecule has 0 saturated carbocycles. The predicted molar refractivity (Wildman–Crippen MR) is 119 cm³/mol. The fraction of sp³-hybridized carbons (Fsp3) is 0.0909. The third-order valence-corrected chi connectivity index (χ3v) is 5.75. The molecule has 1 N–H and O–H groups in total. The zero-order chi connectivity index (χ0) is 20.2. The Morgan fingerprint density at radius 1 is 1.07 bits per heavy atom. The van der Waals surface area contributed by atoms with Gasteiger partial charge in [-0.3, -0.25) is 4.79 Å². The molecule has 7 heteroatoms. The molecule has 146 valence electrons. The molecule has 0 spiro atoms. The Bertz CT molecular complexity index is 1140. The summed E-state index contributed by atoms with van der Waals surface area (Å²) in [5.41, 5.74) is 2.51.